The number of nitrogens with one attached hydrogen (secondary N) is 1. The van der Waals surface area contributed by atoms with Crippen LogP contribution in [-0.4, -0.2) is 28.0 Å². The van der Waals surface area contributed by atoms with Gasteiger partial charge in [0.25, 0.3) is 5.24 Å². The van der Waals surface area contributed by atoms with E-state index in [0.717, 1.165) is 24.2 Å². The summed E-state index contributed by atoms with van der Waals surface area (Å²) in [6, 6.07) is 10.7. The Morgan fingerprint density at radius 3 is 2.59 bits per heavy atom. The third-order valence-corrected chi connectivity index (χ3v) is 5.12. The van der Waals surface area contributed by atoms with E-state index in [1.54, 1.807) is 24.3 Å². The largest absolute Gasteiger partial charge is 0.493 e. The van der Waals surface area contributed by atoms with Gasteiger partial charge < -0.3 is 4.74 Å². The zero-order valence-corrected chi connectivity index (χ0v) is 16.3. The topological polar surface area (TPSA) is 68.3 Å². The van der Waals surface area contributed by atoms with E-state index in [1.807, 2.05) is 13.0 Å². The molecule has 5 nitrogen and oxygen atoms in total. The van der Waals surface area contributed by atoms with Gasteiger partial charge in [0.2, 0.25) is 5.91 Å². The number of ether oxygens (including phenoxy) is 1. The quantitative estimate of drug-likeness (QED) is 0.746. The van der Waals surface area contributed by atoms with E-state index in [1.165, 1.54) is 5.56 Å². The molecule has 1 saturated heterocycles. The Balaban J connectivity index is 1.57. The van der Waals surface area contributed by atoms with Crippen LogP contribution in [0.4, 0.5) is 4.79 Å². The molecule has 3 rings (SSSR count). The maximum absolute atomic E-state index is 11.8. The van der Waals surface area contributed by atoms with Crippen molar-refractivity contribution in [2.75, 3.05) is 6.61 Å². The van der Waals surface area contributed by atoms with Crippen molar-refractivity contribution < 1.29 is 17.1 Å². The van der Waals surface area contributed by atoms with Crippen molar-refractivity contribution in [3.05, 3.63) is 58.9 Å². The highest BCUT2D eigenvalue weighted by molar-refractivity contribution is 8.15. The molecule has 1 atom stereocenters. The minimum atomic E-state index is -1.96. The van der Waals surface area contributed by atoms with Crippen molar-refractivity contribution in [3.8, 4) is 5.75 Å². The highest BCUT2D eigenvalue weighted by Crippen LogP contribution is 2.24. The number of thioether (sulfide) groups is 1. The van der Waals surface area contributed by atoms with Crippen LogP contribution in [0.25, 0.3) is 0 Å². The van der Waals surface area contributed by atoms with Crippen molar-refractivity contribution in [2.24, 2.45) is 0 Å². The summed E-state index contributed by atoms with van der Waals surface area (Å²) in [5.74, 6) is 0.0153. The van der Waals surface area contributed by atoms with E-state index in [9.17, 15) is 9.59 Å². The van der Waals surface area contributed by atoms with Crippen LogP contribution in [-0.2, 0) is 24.0 Å². The maximum Gasteiger partial charge on any atom is 0.286 e. The molecule has 0 spiro atoms. The van der Waals surface area contributed by atoms with Gasteiger partial charge in [0, 0.05) is 20.6 Å². The van der Waals surface area contributed by atoms with Gasteiger partial charge in [-0.3, -0.25) is 19.9 Å². The number of aryl methyl sites for hydroxylation is 2. The molecule has 0 bridgehead atoms. The highest BCUT2D eigenvalue weighted by atomic mass is 32.2. The van der Waals surface area contributed by atoms with Crippen LogP contribution in [0.1, 0.15) is 38.6 Å². The fourth-order valence-electron chi connectivity index (χ4n) is 2.84. The van der Waals surface area contributed by atoms with E-state index >= 15 is 0 Å². The second kappa shape index (κ2) is 9.04. The first kappa shape index (κ1) is 16.8. The minimum absolute atomic E-state index is 0.330. The van der Waals surface area contributed by atoms with Gasteiger partial charge in [-0.05, 0) is 49.0 Å². The Hall–Kier alpha value is -2.34. The first-order valence-corrected chi connectivity index (χ1v) is 9.89. The average molecular weight is 387 g/mol. The standard InChI is InChI=1S/C21H24N2O3S/c1-3-4-16-7-8-17(22-14(16)2)11-12-26-18-9-5-15(6-10-18)13-19-20(24)23-21(25)27-19/h5-10,19H,3-4,11-13H2,1-2H3,(H,23,24,25)/i13D2. The molecule has 2 heterocycles. The molecule has 1 aromatic carbocycles. The van der Waals surface area contributed by atoms with E-state index in [2.05, 4.69) is 23.3 Å². The van der Waals surface area contributed by atoms with Gasteiger partial charge in [-0.15, -0.1) is 0 Å². The Morgan fingerprint density at radius 2 is 1.96 bits per heavy atom. The lowest BCUT2D eigenvalue weighted by atomic mass is 10.1. The number of nitrogens with zero attached hydrogens (tertiary/aromatic N) is 1. The van der Waals surface area contributed by atoms with Crippen molar-refractivity contribution >= 4 is 22.9 Å². The third kappa shape index (κ3) is 5.32. The lowest BCUT2D eigenvalue weighted by molar-refractivity contribution is -0.118. The molecule has 2 aromatic rings. The average Bonchev–Trinajstić information content (AvgIpc) is 3.03. The van der Waals surface area contributed by atoms with Crippen molar-refractivity contribution in [1.29, 1.82) is 0 Å². The predicted molar refractivity (Wildman–Crippen MR) is 107 cm³/mol. The first-order valence-electron chi connectivity index (χ1n) is 10.0. The molecule has 1 fully saturated rings. The summed E-state index contributed by atoms with van der Waals surface area (Å²) in [4.78, 5) is 27.8. The fraction of sp³-hybridized carbons (Fsp3) is 0.381. The zero-order chi connectivity index (χ0) is 21.0. The zero-order valence-electron chi connectivity index (χ0n) is 17.5. The molecular formula is C21H24N2O3S. The molecule has 6 heteroatoms. The van der Waals surface area contributed by atoms with Crippen LogP contribution in [0.5, 0.6) is 5.75 Å². The molecule has 0 radical (unpaired) electrons. The molecule has 1 aromatic heterocycles. The normalized spacial score (nSPS) is 18.1. The second-order valence-corrected chi connectivity index (χ2v) is 7.42. The van der Waals surface area contributed by atoms with Crippen molar-refractivity contribution in [2.45, 2.75) is 44.7 Å². The van der Waals surface area contributed by atoms with Crippen molar-refractivity contribution in [1.82, 2.24) is 10.3 Å². The Labute approximate surface area is 166 Å². The molecular weight excluding hydrogens is 360 g/mol. The molecule has 2 amide bonds. The number of aromatic nitrogens is 1. The number of carbonyl (C=O) groups excluding carboxylic acids is 2. The lowest BCUT2D eigenvalue weighted by Crippen LogP contribution is -2.25. The van der Waals surface area contributed by atoms with Gasteiger partial charge >= 0.3 is 0 Å². The summed E-state index contributed by atoms with van der Waals surface area (Å²) in [5.41, 5.74) is 3.64. The SMILES string of the molecule is [2H]C([2H])(c1ccc(OCCc2ccc(CCC)c(C)n2)cc1)C1SC(=O)NC1=O. The lowest BCUT2D eigenvalue weighted by Gasteiger charge is -2.10. The summed E-state index contributed by atoms with van der Waals surface area (Å²) in [7, 11) is 0. The monoisotopic (exact) mass is 386 g/mol. The van der Waals surface area contributed by atoms with Gasteiger partial charge in [-0.25, -0.2) is 0 Å². The van der Waals surface area contributed by atoms with Crippen LogP contribution >= 0.6 is 11.8 Å². The molecule has 27 heavy (non-hydrogen) atoms. The Morgan fingerprint density at radius 1 is 1.19 bits per heavy atom. The summed E-state index contributed by atoms with van der Waals surface area (Å²) in [6.45, 7) is 4.64. The number of hydrogen-bond donors (Lipinski definition) is 1. The Kier molecular flexibility index (Phi) is 5.63. The summed E-state index contributed by atoms with van der Waals surface area (Å²) < 4.78 is 22.3. The van der Waals surface area contributed by atoms with Gasteiger partial charge in [-0.1, -0.05) is 43.3 Å². The fourth-order valence-corrected chi connectivity index (χ4v) is 3.57. The predicted octanol–water partition coefficient (Wildman–Crippen LogP) is 3.86. The van der Waals surface area contributed by atoms with Crippen LogP contribution in [0.15, 0.2) is 36.4 Å². The van der Waals surface area contributed by atoms with E-state index in [4.69, 9.17) is 7.48 Å². The van der Waals surface area contributed by atoms with E-state index in [-0.39, 0.29) is 0 Å². The Bertz CT molecular complexity index is 903. The first-order chi connectivity index (χ1) is 13.8. The van der Waals surface area contributed by atoms with E-state index < -0.39 is 22.8 Å². The van der Waals surface area contributed by atoms with E-state index in [0.29, 0.717) is 36.1 Å². The number of imide groups is 1. The number of amides is 2. The van der Waals surface area contributed by atoms with Gasteiger partial charge in [0.1, 0.15) is 5.75 Å². The molecule has 0 saturated carbocycles. The van der Waals surface area contributed by atoms with Gasteiger partial charge in [0.15, 0.2) is 0 Å². The third-order valence-electron chi connectivity index (χ3n) is 4.24. The van der Waals surface area contributed by atoms with Crippen LogP contribution in [0.3, 0.4) is 0 Å². The van der Waals surface area contributed by atoms with Gasteiger partial charge in [-0.2, -0.15) is 0 Å². The highest BCUT2D eigenvalue weighted by Gasteiger charge is 2.31. The molecule has 0 aliphatic carbocycles. The molecule has 1 aliphatic rings. The van der Waals surface area contributed by atoms with Crippen LogP contribution < -0.4 is 10.1 Å². The summed E-state index contributed by atoms with van der Waals surface area (Å²) in [5, 5.41) is 0.517. The smallest absolute Gasteiger partial charge is 0.286 e. The minimum Gasteiger partial charge on any atom is -0.493 e. The summed E-state index contributed by atoms with van der Waals surface area (Å²) >= 11 is 0.683. The number of carbonyl (C=O) groups is 2. The van der Waals surface area contributed by atoms with Crippen LogP contribution in [0.2, 0.25) is 0 Å². The molecule has 1 N–H and O–H groups in total. The molecule has 1 aliphatic heterocycles. The number of rotatable bonds is 8. The summed E-state index contributed by atoms with van der Waals surface area (Å²) in [6.07, 6.45) is 0.849. The number of pyridine rings is 1. The molecule has 142 valence electrons. The van der Waals surface area contributed by atoms with Crippen molar-refractivity contribution in [3.63, 3.8) is 0 Å². The number of hydrogen-bond acceptors (Lipinski definition) is 5. The van der Waals surface area contributed by atoms with Gasteiger partial charge in [0.05, 0.1) is 11.9 Å². The maximum atomic E-state index is 11.8. The number of benzene rings is 1. The molecule has 1 unspecified atom stereocenters. The second-order valence-electron chi connectivity index (χ2n) is 6.34. The van der Waals surface area contributed by atoms with Crippen LogP contribution in [0, 0.1) is 6.92 Å².